The Labute approximate surface area is 106 Å². The fourth-order valence-corrected chi connectivity index (χ4v) is 2.45. The molecule has 2 aromatic rings. The fourth-order valence-electron chi connectivity index (χ4n) is 1.30. The molecule has 0 spiro atoms. The second kappa shape index (κ2) is 4.80. The van der Waals surface area contributed by atoms with Gasteiger partial charge in [-0.1, -0.05) is 12.1 Å². The molecule has 0 bridgehead atoms. The molecule has 0 aliphatic rings. The number of carbonyl (C=O) groups is 1. The summed E-state index contributed by atoms with van der Waals surface area (Å²) in [6.07, 6.45) is 0. The molecule has 4 heteroatoms. The Morgan fingerprint density at radius 3 is 2.62 bits per heavy atom. The van der Waals surface area contributed by atoms with E-state index < -0.39 is 0 Å². The monoisotopic (exact) mass is 295 g/mol. The van der Waals surface area contributed by atoms with Crippen molar-refractivity contribution in [3.05, 3.63) is 50.6 Å². The zero-order chi connectivity index (χ0) is 11.5. The molecule has 0 saturated heterocycles. The van der Waals surface area contributed by atoms with Gasteiger partial charge in [-0.3, -0.25) is 4.79 Å². The first kappa shape index (κ1) is 11.4. The van der Waals surface area contributed by atoms with Crippen LogP contribution in [0, 0.1) is 6.92 Å². The van der Waals surface area contributed by atoms with Gasteiger partial charge in [-0.05, 0) is 47.1 Å². The van der Waals surface area contributed by atoms with E-state index in [1.807, 2.05) is 43.3 Å². The number of rotatable bonds is 2. The molecule has 0 aliphatic carbocycles. The molecule has 0 radical (unpaired) electrons. The number of halogens is 1. The Morgan fingerprint density at radius 2 is 2.00 bits per heavy atom. The van der Waals surface area contributed by atoms with E-state index in [0.717, 1.165) is 19.9 Å². The number of benzene rings is 1. The number of amides is 1. The van der Waals surface area contributed by atoms with Crippen molar-refractivity contribution >= 4 is 38.9 Å². The highest BCUT2D eigenvalue weighted by molar-refractivity contribution is 9.10. The van der Waals surface area contributed by atoms with Crippen LogP contribution in [-0.4, -0.2) is 5.91 Å². The number of para-hydroxylation sites is 1. The van der Waals surface area contributed by atoms with Gasteiger partial charge in [0.2, 0.25) is 0 Å². The Balaban J connectivity index is 2.17. The highest BCUT2D eigenvalue weighted by Crippen LogP contribution is 2.23. The molecular formula is C12H10BrNOS. The van der Waals surface area contributed by atoms with E-state index in [1.165, 1.54) is 11.3 Å². The minimum Gasteiger partial charge on any atom is -0.320 e. The largest absolute Gasteiger partial charge is 0.320 e. The van der Waals surface area contributed by atoms with Crippen LogP contribution in [0.15, 0.2) is 40.9 Å². The van der Waals surface area contributed by atoms with Crippen molar-refractivity contribution in [2.75, 3.05) is 5.32 Å². The SMILES string of the molecule is Cc1ccc(C(=O)Nc2ccccc2Br)s1. The maximum atomic E-state index is 11.9. The van der Waals surface area contributed by atoms with Gasteiger partial charge in [-0.2, -0.15) is 0 Å². The van der Waals surface area contributed by atoms with Crippen LogP contribution in [0.25, 0.3) is 0 Å². The summed E-state index contributed by atoms with van der Waals surface area (Å²) in [5, 5.41) is 2.86. The highest BCUT2D eigenvalue weighted by atomic mass is 79.9. The molecule has 0 atom stereocenters. The summed E-state index contributed by atoms with van der Waals surface area (Å²) in [7, 11) is 0. The fraction of sp³-hybridized carbons (Fsp3) is 0.0833. The van der Waals surface area contributed by atoms with Crippen molar-refractivity contribution < 1.29 is 4.79 Å². The van der Waals surface area contributed by atoms with Crippen LogP contribution >= 0.6 is 27.3 Å². The molecule has 2 rings (SSSR count). The van der Waals surface area contributed by atoms with Crippen LogP contribution in [0.5, 0.6) is 0 Å². The lowest BCUT2D eigenvalue weighted by Gasteiger charge is -2.05. The third kappa shape index (κ3) is 2.51. The Kier molecular flexibility index (Phi) is 3.41. The minimum absolute atomic E-state index is 0.0648. The number of hydrogen-bond acceptors (Lipinski definition) is 2. The highest BCUT2D eigenvalue weighted by Gasteiger charge is 2.09. The quantitative estimate of drug-likeness (QED) is 0.889. The van der Waals surface area contributed by atoms with Gasteiger partial charge in [0.05, 0.1) is 10.6 Å². The number of nitrogens with one attached hydrogen (secondary N) is 1. The maximum absolute atomic E-state index is 11.9. The van der Waals surface area contributed by atoms with Crippen molar-refractivity contribution in [3.8, 4) is 0 Å². The minimum atomic E-state index is -0.0648. The van der Waals surface area contributed by atoms with E-state index >= 15 is 0 Å². The zero-order valence-electron chi connectivity index (χ0n) is 8.66. The van der Waals surface area contributed by atoms with E-state index in [2.05, 4.69) is 21.2 Å². The predicted molar refractivity (Wildman–Crippen MR) is 71.2 cm³/mol. The van der Waals surface area contributed by atoms with Gasteiger partial charge in [-0.25, -0.2) is 0 Å². The van der Waals surface area contributed by atoms with Crippen molar-refractivity contribution in [2.24, 2.45) is 0 Å². The van der Waals surface area contributed by atoms with E-state index in [9.17, 15) is 4.79 Å². The molecule has 0 fully saturated rings. The Hall–Kier alpha value is -1.13. The van der Waals surface area contributed by atoms with Crippen LogP contribution in [0.4, 0.5) is 5.69 Å². The molecule has 1 heterocycles. The normalized spacial score (nSPS) is 10.1. The predicted octanol–water partition coefficient (Wildman–Crippen LogP) is 4.07. The number of thiophene rings is 1. The van der Waals surface area contributed by atoms with Crippen LogP contribution < -0.4 is 5.32 Å². The lowest BCUT2D eigenvalue weighted by atomic mass is 10.3. The molecule has 1 N–H and O–H groups in total. The van der Waals surface area contributed by atoms with Gasteiger partial charge in [0.15, 0.2) is 0 Å². The lowest BCUT2D eigenvalue weighted by molar-refractivity contribution is 0.103. The van der Waals surface area contributed by atoms with Crippen molar-refractivity contribution in [1.82, 2.24) is 0 Å². The summed E-state index contributed by atoms with van der Waals surface area (Å²) in [4.78, 5) is 13.7. The Bertz CT molecular complexity index is 521. The topological polar surface area (TPSA) is 29.1 Å². The van der Waals surface area contributed by atoms with Crippen LogP contribution in [0.2, 0.25) is 0 Å². The second-order valence-corrected chi connectivity index (χ2v) is 5.49. The van der Waals surface area contributed by atoms with E-state index in [1.54, 1.807) is 0 Å². The van der Waals surface area contributed by atoms with E-state index in [0.29, 0.717) is 0 Å². The summed E-state index contributed by atoms with van der Waals surface area (Å²) in [6.45, 7) is 1.99. The van der Waals surface area contributed by atoms with Gasteiger partial charge >= 0.3 is 0 Å². The van der Waals surface area contributed by atoms with Gasteiger partial charge in [-0.15, -0.1) is 11.3 Å². The number of aryl methyl sites for hydroxylation is 1. The van der Waals surface area contributed by atoms with E-state index in [-0.39, 0.29) is 5.91 Å². The molecule has 0 aliphatic heterocycles. The van der Waals surface area contributed by atoms with Crippen LogP contribution in [0.3, 0.4) is 0 Å². The van der Waals surface area contributed by atoms with Crippen molar-refractivity contribution in [1.29, 1.82) is 0 Å². The molecular weight excluding hydrogens is 286 g/mol. The third-order valence-corrected chi connectivity index (χ3v) is 3.78. The van der Waals surface area contributed by atoms with Crippen LogP contribution in [0.1, 0.15) is 14.5 Å². The van der Waals surface area contributed by atoms with Gasteiger partial charge < -0.3 is 5.32 Å². The first-order chi connectivity index (χ1) is 7.66. The molecule has 2 nitrogen and oxygen atoms in total. The molecule has 16 heavy (non-hydrogen) atoms. The van der Waals surface area contributed by atoms with Gasteiger partial charge in [0.1, 0.15) is 0 Å². The number of carbonyl (C=O) groups excluding carboxylic acids is 1. The average Bonchev–Trinajstić information content (AvgIpc) is 2.68. The maximum Gasteiger partial charge on any atom is 0.265 e. The zero-order valence-corrected chi connectivity index (χ0v) is 11.1. The number of anilines is 1. The molecule has 1 aromatic heterocycles. The third-order valence-electron chi connectivity index (χ3n) is 2.09. The molecule has 82 valence electrons. The summed E-state index contributed by atoms with van der Waals surface area (Å²) < 4.78 is 0.886. The van der Waals surface area contributed by atoms with Gasteiger partial charge in [0, 0.05) is 9.35 Å². The van der Waals surface area contributed by atoms with E-state index in [4.69, 9.17) is 0 Å². The first-order valence-corrected chi connectivity index (χ1v) is 6.40. The Morgan fingerprint density at radius 1 is 1.25 bits per heavy atom. The summed E-state index contributed by atoms with van der Waals surface area (Å²) in [6, 6.07) is 11.3. The summed E-state index contributed by atoms with van der Waals surface area (Å²) in [5.74, 6) is -0.0648. The number of hydrogen-bond donors (Lipinski definition) is 1. The lowest BCUT2D eigenvalue weighted by Crippen LogP contribution is -2.10. The smallest absolute Gasteiger partial charge is 0.265 e. The molecule has 0 unspecified atom stereocenters. The molecule has 0 saturated carbocycles. The first-order valence-electron chi connectivity index (χ1n) is 4.79. The average molecular weight is 296 g/mol. The summed E-state index contributed by atoms with van der Waals surface area (Å²) >= 11 is 4.88. The summed E-state index contributed by atoms with van der Waals surface area (Å²) in [5.41, 5.74) is 0.790. The molecule has 1 aromatic carbocycles. The molecule has 1 amide bonds. The van der Waals surface area contributed by atoms with Crippen molar-refractivity contribution in [2.45, 2.75) is 6.92 Å². The van der Waals surface area contributed by atoms with Gasteiger partial charge in [0.25, 0.3) is 5.91 Å². The van der Waals surface area contributed by atoms with Crippen molar-refractivity contribution in [3.63, 3.8) is 0 Å². The van der Waals surface area contributed by atoms with Crippen LogP contribution in [-0.2, 0) is 0 Å². The standard InChI is InChI=1S/C12H10BrNOS/c1-8-6-7-11(16-8)12(15)14-10-5-3-2-4-9(10)13/h2-7H,1H3,(H,14,15). The second-order valence-electron chi connectivity index (χ2n) is 3.34.